The zero-order valence-electron chi connectivity index (χ0n) is 15.7. The first-order valence-electron chi connectivity index (χ1n) is 8.46. The topological polar surface area (TPSA) is 86.0 Å². The zero-order valence-corrected chi connectivity index (χ0v) is 17.3. The third-order valence-electron chi connectivity index (χ3n) is 4.13. The van der Waals surface area contributed by atoms with E-state index in [0.717, 1.165) is 21.4 Å². The van der Waals surface area contributed by atoms with Gasteiger partial charge < -0.3 is 15.5 Å². The second-order valence-electron chi connectivity index (χ2n) is 6.40. The molecule has 142 valence electrons. The summed E-state index contributed by atoms with van der Waals surface area (Å²) in [5, 5.41) is 18.8. The van der Waals surface area contributed by atoms with Crippen molar-refractivity contribution in [2.75, 3.05) is 29.6 Å². The van der Waals surface area contributed by atoms with Crippen LogP contribution < -0.4 is 15.5 Å². The predicted octanol–water partition coefficient (Wildman–Crippen LogP) is 4.43. The number of hydrogen-bond donors (Lipinski definition) is 2. The van der Waals surface area contributed by atoms with Gasteiger partial charge in [0.2, 0.25) is 0 Å². The smallest absolute Gasteiger partial charge is 0.323 e. The minimum Gasteiger partial charge on any atom is -0.378 e. The Morgan fingerprint density at radius 1 is 1.14 bits per heavy atom. The Balaban J connectivity index is 1.86. The van der Waals surface area contributed by atoms with Crippen molar-refractivity contribution in [1.29, 1.82) is 5.26 Å². The van der Waals surface area contributed by atoms with Crippen molar-refractivity contribution in [3.63, 3.8) is 0 Å². The first-order valence-corrected chi connectivity index (χ1v) is 9.25. The molecule has 7 nitrogen and oxygen atoms in total. The third-order valence-corrected chi connectivity index (χ3v) is 4.71. The first-order chi connectivity index (χ1) is 13.4. The maximum atomic E-state index is 12.4. The molecule has 2 N–H and O–H groups in total. The van der Waals surface area contributed by atoms with Crippen LogP contribution >= 0.6 is 15.9 Å². The molecule has 0 saturated carbocycles. The van der Waals surface area contributed by atoms with Gasteiger partial charge >= 0.3 is 6.03 Å². The van der Waals surface area contributed by atoms with Gasteiger partial charge in [-0.15, -0.1) is 0 Å². The van der Waals surface area contributed by atoms with Crippen LogP contribution in [0.25, 0.3) is 11.3 Å². The summed E-state index contributed by atoms with van der Waals surface area (Å²) >= 11 is 3.53. The Labute approximate surface area is 171 Å². The highest BCUT2D eigenvalue weighted by molar-refractivity contribution is 9.10. The van der Waals surface area contributed by atoms with Crippen molar-refractivity contribution in [1.82, 2.24) is 9.78 Å². The molecule has 28 heavy (non-hydrogen) atoms. The molecule has 0 radical (unpaired) electrons. The summed E-state index contributed by atoms with van der Waals surface area (Å²) in [6.45, 7) is 0. The highest BCUT2D eigenvalue weighted by atomic mass is 79.9. The summed E-state index contributed by atoms with van der Waals surface area (Å²) in [4.78, 5) is 14.4. The van der Waals surface area contributed by atoms with Gasteiger partial charge in [0.05, 0.1) is 28.0 Å². The summed E-state index contributed by atoms with van der Waals surface area (Å²) in [5.41, 5.74) is 4.58. The van der Waals surface area contributed by atoms with Crippen LogP contribution in [0.5, 0.6) is 0 Å². The van der Waals surface area contributed by atoms with Gasteiger partial charge in [0, 0.05) is 43.8 Å². The van der Waals surface area contributed by atoms with Crippen molar-refractivity contribution in [3.8, 4) is 17.3 Å². The van der Waals surface area contributed by atoms with Crippen LogP contribution in [0.2, 0.25) is 0 Å². The Hall–Kier alpha value is -3.31. The van der Waals surface area contributed by atoms with Gasteiger partial charge in [-0.05, 0) is 58.4 Å². The van der Waals surface area contributed by atoms with E-state index in [4.69, 9.17) is 5.26 Å². The Bertz CT molecular complexity index is 1030. The van der Waals surface area contributed by atoms with Crippen LogP contribution in [-0.4, -0.2) is 29.9 Å². The normalized spacial score (nSPS) is 10.2. The second kappa shape index (κ2) is 8.15. The lowest BCUT2D eigenvalue weighted by Crippen LogP contribution is -2.20. The largest absolute Gasteiger partial charge is 0.378 e. The quantitative estimate of drug-likeness (QED) is 0.630. The number of amides is 2. The molecule has 0 spiro atoms. The number of nitriles is 1. The molecule has 2 amide bonds. The molecule has 3 aromatic rings. The summed E-state index contributed by atoms with van der Waals surface area (Å²) in [6, 6.07) is 14.2. The molecule has 0 saturated heterocycles. The van der Waals surface area contributed by atoms with E-state index in [1.165, 1.54) is 0 Å². The third kappa shape index (κ3) is 4.32. The van der Waals surface area contributed by atoms with Crippen LogP contribution in [0.1, 0.15) is 5.56 Å². The molecule has 0 atom stereocenters. The number of hydrogen-bond acceptors (Lipinski definition) is 4. The lowest BCUT2D eigenvalue weighted by molar-refractivity contribution is 0.262. The van der Waals surface area contributed by atoms with Crippen LogP contribution in [0.3, 0.4) is 0 Å². The summed E-state index contributed by atoms with van der Waals surface area (Å²) in [7, 11) is 5.75. The molecule has 1 aromatic heterocycles. The Kier molecular flexibility index (Phi) is 5.66. The molecule has 2 aromatic carbocycles. The molecule has 0 aliphatic heterocycles. The second-order valence-corrected chi connectivity index (χ2v) is 7.25. The lowest BCUT2D eigenvalue weighted by Gasteiger charge is -2.17. The minimum absolute atomic E-state index is 0.365. The average molecular weight is 439 g/mol. The van der Waals surface area contributed by atoms with Crippen molar-refractivity contribution >= 4 is 39.0 Å². The fourth-order valence-electron chi connectivity index (χ4n) is 2.74. The summed E-state index contributed by atoms with van der Waals surface area (Å²) in [6.07, 6.45) is 1.74. The fourth-order valence-corrected chi connectivity index (χ4v) is 3.31. The molecule has 0 aliphatic rings. The van der Waals surface area contributed by atoms with Gasteiger partial charge in [0.1, 0.15) is 0 Å². The van der Waals surface area contributed by atoms with Gasteiger partial charge in [-0.1, -0.05) is 0 Å². The Morgan fingerprint density at radius 2 is 1.82 bits per heavy atom. The Morgan fingerprint density at radius 3 is 2.39 bits per heavy atom. The number of carbonyl (C=O) groups excluding carboxylic acids is 1. The number of nitrogens with one attached hydrogen (secondary N) is 2. The molecular weight excluding hydrogens is 420 g/mol. The number of urea groups is 1. The number of anilines is 3. The van der Waals surface area contributed by atoms with Gasteiger partial charge in [-0.3, -0.25) is 4.68 Å². The molecular formula is C20H19BrN6O. The number of nitrogens with zero attached hydrogens (tertiary/aromatic N) is 4. The number of rotatable bonds is 4. The number of aromatic nitrogens is 2. The molecule has 0 bridgehead atoms. The van der Waals surface area contributed by atoms with Gasteiger partial charge in [0.15, 0.2) is 0 Å². The van der Waals surface area contributed by atoms with E-state index >= 15 is 0 Å². The van der Waals surface area contributed by atoms with E-state index in [2.05, 4.69) is 31.7 Å². The molecule has 3 rings (SSSR count). The summed E-state index contributed by atoms with van der Waals surface area (Å²) < 4.78 is 2.65. The van der Waals surface area contributed by atoms with E-state index in [1.807, 2.05) is 50.3 Å². The predicted molar refractivity (Wildman–Crippen MR) is 114 cm³/mol. The van der Waals surface area contributed by atoms with Crippen LogP contribution in [0.4, 0.5) is 21.9 Å². The van der Waals surface area contributed by atoms with Gasteiger partial charge in [0.25, 0.3) is 0 Å². The molecule has 8 heteroatoms. The van der Waals surface area contributed by atoms with E-state index < -0.39 is 0 Å². The SMILES string of the molecule is CN(C)c1cc(NC(=O)Nc2ccc(C#N)cc2)cc(-c2c(Br)cnn2C)c1. The van der Waals surface area contributed by atoms with E-state index in [1.54, 1.807) is 35.1 Å². The van der Waals surface area contributed by atoms with E-state index in [-0.39, 0.29) is 6.03 Å². The van der Waals surface area contributed by atoms with Gasteiger partial charge in [-0.25, -0.2) is 4.79 Å². The van der Waals surface area contributed by atoms with Crippen LogP contribution in [0.15, 0.2) is 53.1 Å². The highest BCUT2D eigenvalue weighted by Crippen LogP contribution is 2.32. The van der Waals surface area contributed by atoms with Crippen molar-refractivity contribution < 1.29 is 4.79 Å². The number of carbonyl (C=O) groups is 1. The molecule has 0 unspecified atom stereocenters. The standard InChI is InChI=1S/C20H19BrN6O/c1-26(2)17-9-14(19-18(21)12-23-27(19)3)8-16(10-17)25-20(28)24-15-6-4-13(11-22)5-7-15/h4-10,12H,1-3H3,(H2,24,25,28). The van der Waals surface area contributed by atoms with Crippen molar-refractivity contribution in [2.24, 2.45) is 7.05 Å². The first kappa shape index (κ1) is 19.5. The fraction of sp³-hybridized carbons (Fsp3) is 0.150. The summed E-state index contributed by atoms with van der Waals surface area (Å²) in [5.74, 6) is 0. The van der Waals surface area contributed by atoms with E-state index in [0.29, 0.717) is 16.9 Å². The average Bonchev–Trinajstić information content (AvgIpc) is 3.00. The number of benzene rings is 2. The molecule has 0 fully saturated rings. The number of halogens is 1. The molecule has 1 heterocycles. The van der Waals surface area contributed by atoms with Crippen LogP contribution in [0, 0.1) is 11.3 Å². The zero-order chi connectivity index (χ0) is 20.3. The van der Waals surface area contributed by atoms with Crippen LogP contribution in [-0.2, 0) is 7.05 Å². The van der Waals surface area contributed by atoms with Crippen molar-refractivity contribution in [2.45, 2.75) is 0 Å². The van der Waals surface area contributed by atoms with Crippen molar-refractivity contribution in [3.05, 3.63) is 58.7 Å². The monoisotopic (exact) mass is 438 g/mol. The molecule has 0 aliphatic carbocycles. The van der Waals surface area contributed by atoms with E-state index in [9.17, 15) is 4.79 Å². The maximum Gasteiger partial charge on any atom is 0.323 e. The maximum absolute atomic E-state index is 12.4. The van der Waals surface area contributed by atoms with Gasteiger partial charge in [-0.2, -0.15) is 10.4 Å². The minimum atomic E-state index is -0.365. The number of aryl methyl sites for hydroxylation is 1. The lowest BCUT2D eigenvalue weighted by atomic mass is 10.1. The highest BCUT2D eigenvalue weighted by Gasteiger charge is 2.13.